The van der Waals surface area contributed by atoms with Crippen LogP contribution in [0.5, 0.6) is 17.2 Å². The van der Waals surface area contributed by atoms with Gasteiger partial charge in [-0.25, -0.2) is 0 Å². The summed E-state index contributed by atoms with van der Waals surface area (Å²) in [6.07, 6.45) is 6.96. The molecule has 29 heavy (non-hydrogen) atoms. The Balaban J connectivity index is 0.000000170. The Morgan fingerprint density at radius 3 is 1.45 bits per heavy atom. The Morgan fingerprint density at radius 1 is 0.621 bits per heavy atom. The number of pyridine rings is 2. The highest BCUT2D eigenvalue weighted by atomic mass is 127. The summed E-state index contributed by atoms with van der Waals surface area (Å²) in [6, 6.07) is 22.1. The first kappa shape index (κ1) is 23.3. The summed E-state index contributed by atoms with van der Waals surface area (Å²) in [5.74, 6) is 1.91. The molecule has 0 saturated carbocycles. The molecule has 148 valence electrons. The summed E-state index contributed by atoms with van der Waals surface area (Å²) >= 11 is 8.84. The highest BCUT2D eigenvalue weighted by molar-refractivity contribution is 14.1. The second kappa shape index (κ2) is 13.3. The van der Waals surface area contributed by atoms with E-state index in [9.17, 15) is 0 Å². The molecule has 2 heterocycles. The first-order valence-electron chi connectivity index (χ1n) is 8.36. The molecule has 4 rings (SSSR count). The van der Waals surface area contributed by atoms with Crippen LogP contribution in [0, 0.1) is 3.57 Å². The van der Waals surface area contributed by atoms with Gasteiger partial charge in [0.15, 0.2) is 0 Å². The summed E-state index contributed by atoms with van der Waals surface area (Å²) in [5, 5.41) is 8.74. The summed E-state index contributed by atoms with van der Waals surface area (Å²) in [5.41, 5.74) is 0. The molecule has 2 aromatic carbocycles. The zero-order valence-electron chi connectivity index (χ0n) is 15.1. The average Bonchev–Trinajstić information content (AvgIpc) is 2.74. The van der Waals surface area contributed by atoms with Crippen molar-refractivity contribution >= 4 is 54.5 Å². The van der Waals surface area contributed by atoms with Gasteiger partial charge in [0.1, 0.15) is 17.2 Å². The fourth-order valence-electron chi connectivity index (χ4n) is 1.82. The molecule has 4 nitrogen and oxygen atoms in total. The van der Waals surface area contributed by atoms with Crippen LogP contribution in [-0.2, 0) is 0 Å². The number of hydrogen-bond acceptors (Lipinski definition) is 4. The fourth-order valence-corrected chi connectivity index (χ4v) is 2.67. The van der Waals surface area contributed by atoms with Crippen LogP contribution in [0.25, 0.3) is 0 Å². The van der Waals surface area contributed by atoms with Gasteiger partial charge in [0.25, 0.3) is 0 Å². The van der Waals surface area contributed by atoms with Crippen LogP contribution in [0.15, 0.2) is 107 Å². The smallest absolute Gasteiger partial charge is 0.130 e. The van der Waals surface area contributed by atoms with Gasteiger partial charge < -0.3 is 9.84 Å². The van der Waals surface area contributed by atoms with E-state index in [2.05, 4.69) is 64.4 Å². The average molecular weight is 628 g/mol. The van der Waals surface area contributed by atoms with Crippen LogP contribution in [0.2, 0.25) is 0 Å². The van der Waals surface area contributed by atoms with Gasteiger partial charge in [0.2, 0.25) is 0 Å². The SMILES string of the molecule is Brc1ccc(Oc2ccncc2)cc1.Ic1ccncc1.Oc1ccc(Br)cc1. The highest BCUT2D eigenvalue weighted by Gasteiger charge is 1.95. The minimum atomic E-state index is 0.299. The molecular formula is C22H17Br2IN2O2. The van der Waals surface area contributed by atoms with E-state index >= 15 is 0 Å². The maximum atomic E-state index is 8.74. The minimum absolute atomic E-state index is 0.299. The van der Waals surface area contributed by atoms with Crippen LogP contribution < -0.4 is 4.74 Å². The number of benzene rings is 2. The van der Waals surface area contributed by atoms with Gasteiger partial charge in [-0.3, -0.25) is 9.97 Å². The van der Waals surface area contributed by atoms with Crippen LogP contribution >= 0.6 is 54.5 Å². The maximum Gasteiger partial charge on any atom is 0.130 e. The standard InChI is InChI=1S/C11H8BrNO.C6H5BrO.C5H4IN/c12-9-1-3-10(4-2-9)14-11-5-7-13-8-6-11;7-5-1-3-6(8)4-2-5;6-5-1-3-7-4-2-5/h1-8H;1-4,8H;1-4H. The van der Waals surface area contributed by atoms with Crippen molar-refractivity contribution < 1.29 is 9.84 Å². The predicted octanol–water partition coefficient (Wildman–Crippen LogP) is 7.48. The van der Waals surface area contributed by atoms with Gasteiger partial charge >= 0.3 is 0 Å². The third kappa shape index (κ3) is 10.4. The number of rotatable bonds is 2. The first-order valence-corrected chi connectivity index (χ1v) is 11.0. The Morgan fingerprint density at radius 2 is 1.03 bits per heavy atom. The molecule has 0 aliphatic rings. The molecule has 0 fully saturated rings. The van der Waals surface area contributed by atoms with Crippen LogP contribution in [-0.4, -0.2) is 15.1 Å². The van der Waals surface area contributed by atoms with Crippen LogP contribution in [0.4, 0.5) is 0 Å². The lowest BCUT2D eigenvalue weighted by Gasteiger charge is -2.04. The Labute approximate surface area is 200 Å². The lowest BCUT2D eigenvalue weighted by molar-refractivity contribution is 0.475. The van der Waals surface area contributed by atoms with Crippen molar-refractivity contribution in [2.75, 3.05) is 0 Å². The van der Waals surface area contributed by atoms with E-state index < -0.39 is 0 Å². The van der Waals surface area contributed by atoms with E-state index in [-0.39, 0.29) is 0 Å². The lowest BCUT2D eigenvalue weighted by Crippen LogP contribution is -1.83. The van der Waals surface area contributed by atoms with Crippen molar-refractivity contribution in [3.05, 3.63) is 110 Å². The van der Waals surface area contributed by atoms with Crippen LogP contribution in [0.1, 0.15) is 0 Å². The normalized spacial score (nSPS) is 9.34. The second-order valence-electron chi connectivity index (χ2n) is 5.38. The molecule has 0 spiro atoms. The van der Waals surface area contributed by atoms with Crippen molar-refractivity contribution in [2.24, 2.45) is 0 Å². The Bertz CT molecular complexity index is 934. The summed E-state index contributed by atoms with van der Waals surface area (Å²) in [6.45, 7) is 0. The molecule has 2 aromatic heterocycles. The molecule has 0 radical (unpaired) electrons. The monoisotopic (exact) mass is 626 g/mol. The van der Waals surface area contributed by atoms with E-state index in [1.54, 1.807) is 49.1 Å². The zero-order chi connectivity index (χ0) is 20.9. The van der Waals surface area contributed by atoms with Gasteiger partial charge in [0, 0.05) is 37.3 Å². The van der Waals surface area contributed by atoms with Crippen molar-refractivity contribution in [3.8, 4) is 17.2 Å². The largest absolute Gasteiger partial charge is 0.508 e. The quantitative estimate of drug-likeness (QED) is 0.234. The molecule has 7 heteroatoms. The highest BCUT2D eigenvalue weighted by Crippen LogP contribution is 2.22. The molecule has 0 saturated heterocycles. The molecule has 0 atom stereocenters. The van der Waals surface area contributed by atoms with E-state index in [0.717, 1.165) is 20.4 Å². The second-order valence-corrected chi connectivity index (χ2v) is 8.46. The predicted molar refractivity (Wildman–Crippen MR) is 131 cm³/mol. The number of phenols is 1. The topological polar surface area (TPSA) is 55.2 Å². The number of nitrogens with zero attached hydrogens (tertiary/aromatic N) is 2. The number of hydrogen-bond donors (Lipinski definition) is 1. The number of ether oxygens (including phenoxy) is 1. The molecule has 0 aliphatic heterocycles. The molecule has 1 N–H and O–H groups in total. The maximum absolute atomic E-state index is 8.74. The van der Waals surface area contributed by atoms with E-state index in [1.807, 2.05) is 48.5 Å². The number of aromatic nitrogens is 2. The first-order chi connectivity index (χ1) is 14.0. The van der Waals surface area contributed by atoms with Gasteiger partial charge in [-0.05, 0) is 95.4 Å². The lowest BCUT2D eigenvalue weighted by atomic mass is 10.3. The van der Waals surface area contributed by atoms with E-state index in [1.165, 1.54) is 3.57 Å². The Kier molecular flexibility index (Phi) is 10.7. The van der Waals surface area contributed by atoms with Gasteiger partial charge in [-0.15, -0.1) is 0 Å². The summed E-state index contributed by atoms with van der Waals surface area (Å²) in [7, 11) is 0. The van der Waals surface area contributed by atoms with Crippen molar-refractivity contribution in [2.45, 2.75) is 0 Å². The zero-order valence-corrected chi connectivity index (χ0v) is 20.5. The van der Waals surface area contributed by atoms with Gasteiger partial charge in [-0.2, -0.15) is 0 Å². The fraction of sp³-hybridized carbons (Fsp3) is 0. The van der Waals surface area contributed by atoms with Gasteiger partial charge in [0.05, 0.1) is 0 Å². The molecule has 0 aliphatic carbocycles. The Hall–Kier alpha value is -1.97. The van der Waals surface area contributed by atoms with Crippen LogP contribution in [0.3, 0.4) is 0 Å². The number of halogens is 3. The number of aromatic hydroxyl groups is 1. The third-order valence-electron chi connectivity index (χ3n) is 3.17. The molecular weight excluding hydrogens is 611 g/mol. The third-order valence-corrected chi connectivity index (χ3v) is 4.94. The summed E-state index contributed by atoms with van der Waals surface area (Å²) < 4.78 is 8.82. The molecule has 0 unspecified atom stereocenters. The van der Waals surface area contributed by atoms with E-state index in [4.69, 9.17) is 9.84 Å². The van der Waals surface area contributed by atoms with Gasteiger partial charge in [-0.1, -0.05) is 31.9 Å². The molecule has 0 amide bonds. The van der Waals surface area contributed by atoms with Crippen molar-refractivity contribution in [1.82, 2.24) is 9.97 Å². The number of phenolic OH excluding ortho intramolecular Hbond substituents is 1. The molecule has 0 bridgehead atoms. The van der Waals surface area contributed by atoms with Crippen molar-refractivity contribution in [1.29, 1.82) is 0 Å². The minimum Gasteiger partial charge on any atom is -0.508 e. The van der Waals surface area contributed by atoms with Crippen molar-refractivity contribution in [3.63, 3.8) is 0 Å². The van der Waals surface area contributed by atoms with E-state index in [0.29, 0.717) is 5.75 Å². The summed E-state index contributed by atoms with van der Waals surface area (Å²) in [4.78, 5) is 7.75. The molecule has 4 aromatic rings.